The van der Waals surface area contributed by atoms with Crippen LogP contribution in [0.4, 0.5) is 5.69 Å². The van der Waals surface area contributed by atoms with Crippen LogP contribution in [0.3, 0.4) is 0 Å². The standard InChI is InChI=1S/C7H7NO6S/c8-6-4(15(12,13)14)2-1-3(9)5(6)7(10)11/h1-2,9H,8H2,(H,10,11)(H,12,13,14). The van der Waals surface area contributed by atoms with Gasteiger partial charge in [0.25, 0.3) is 10.1 Å². The number of nitrogen functional groups attached to an aromatic ring is 1. The van der Waals surface area contributed by atoms with E-state index in [4.69, 9.17) is 20.5 Å². The number of hydrogen-bond acceptors (Lipinski definition) is 5. The zero-order valence-corrected chi connectivity index (χ0v) is 8.02. The number of anilines is 1. The van der Waals surface area contributed by atoms with Gasteiger partial charge in [0, 0.05) is 0 Å². The monoisotopic (exact) mass is 233 g/mol. The van der Waals surface area contributed by atoms with Crippen LogP contribution in [-0.4, -0.2) is 29.2 Å². The fraction of sp³-hybridized carbons (Fsp3) is 0. The normalized spacial score (nSPS) is 11.3. The van der Waals surface area contributed by atoms with Gasteiger partial charge in [-0.1, -0.05) is 0 Å². The lowest BCUT2D eigenvalue weighted by atomic mass is 10.1. The van der Waals surface area contributed by atoms with Gasteiger partial charge in [-0.3, -0.25) is 4.55 Å². The second-order valence-electron chi connectivity index (χ2n) is 2.65. The van der Waals surface area contributed by atoms with E-state index in [1.165, 1.54) is 0 Å². The van der Waals surface area contributed by atoms with Crippen molar-refractivity contribution in [2.24, 2.45) is 0 Å². The zero-order chi connectivity index (χ0) is 11.8. The molecule has 1 aromatic rings. The highest BCUT2D eigenvalue weighted by Crippen LogP contribution is 2.29. The Morgan fingerprint density at radius 2 is 1.87 bits per heavy atom. The number of carbonyl (C=O) groups is 1. The molecular formula is C7H7NO6S. The number of phenols is 1. The SMILES string of the molecule is Nc1c(S(=O)(=O)O)ccc(O)c1C(=O)O. The first-order chi connectivity index (χ1) is 6.75. The van der Waals surface area contributed by atoms with E-state index in [1.54, 1.807) is 0 Å². The summed E-state index contributed by atoms with van der Waals surface area (Å²) in [6, 6.07) is 1.63. The number of rotatable bonds is 2. The van der Waals surface area contributed by atoms with Crippen LogP contribution >= 0.6 is 0 Å². The maximum Gasteiger partial charge on any atom is 0.341 e. The molecule has 7 nitrogen and oxygen atoms in total. The summed E-state index contributed by atoms with van der Waals surface area (Å²) in [6.45, 7) is 0. The number of hydrogen-bond donors (Lipinski definition) is 4. The van der Waals surface area contributed by atoms with Gasteiger partial charge in [0.2, 0.25) is 0 Å². The van der Waals surface area contributed by atoms with Crippen molar-refractivity contribution >= 4 is 21.8 Å². The Morgan fingerprint density at radius 1 is 1.33 bits per heavy atom. The van der Waals surface area contributed by atoms with Crippen LogP contribution in [0.5, 0.6) is 5.75 Å². The first-order valence-corrected chi connectivity index (χ1v) is 5.01. The van der Waals surface area contributed by atoms with Gasteiger partial charge in [-0.25, -0.2) is 4.79 Å². The van der Waals surface area contributed by atoms with Crippen LogP contribution in [0.2, 0.25) is 0 Å². The van der Waals surface area contributed by atoms with Gasteiger partial charge in [0.05, 0.1) is 5.69 Å². The van der Waals surface area contributed by atoms with E-state index >= 15 is 0 Å². The molecule has 0 unspecified atom stereocenters. The summed E-state index contributed by atoms with van der Waals surface area (Å²) >= 11 is 0. The minimum atomic E-state index is -4.61. The molecule has 0 aliphatic heterocycles. The summed E-state index contributed by atoms with van der Waals surface area (Å²) in [5.74, 6) is -2.26. The predicted octanol–water partition coefficient (Wildman–Crippen LogP) is -0.0807. The van der Waals surface area contributed by atoms with E-state index in [0.717, 1.165) is 12.1 Å². The zero-order valence-electron chi connectivity index (χ0n) is 7.21. The fourth-order valence-electron chi connectivity index (χ4n) is 1.04. The van der Waals surface area contributed by atoms with Crippen LogP contribution < -0.4 is 5.73 Å². The van der Waals surface area contributed by atoms with E-state index in [9.17, 15) is 13.2 Å². The maximum atomic E-state index is 10.7. The molecule has 0 radical (unpaired) electrons. The van der Waals surface area contributed by atoms with Crippen molar-refractivity contribution < 1.29 is 28.0 Å². The Kier molecular flexibility index (Phi) is 2.56. The highest BCUT2D eigenvalue weighted by atomic mass is 32.2. The second kappa shape index (κ2) is 3.41. The lowest BCUT2D eigenvalue weighted by Gasteiger charge is -2.07. The van der Waals surface area contributed by atoms with Gasteiger partial charge in [0.15, 0.2) is 0 Å². The van der Waals surface area contributed by atoms with Gasteiger partial charge < -0.3 is 15.9 Å². The van der Waals surface area contributed by atoms with Crippen LogP contribution in [0.15, 0.2) is 17.0 Å². The number of nitrogens with two attached hydrogens (primary N) is 1. The summed E-state index contributed by atoms with van der Waals surface area (Å²) in [7, 11) is -4.61. The Bertz CT molecular complexity index is 521. The Morgan fingerprint density at radius 3 is 2.27 bits per heavy atom. The molecule has 0 spiro atoms. The van der Waals surface area contributed by atoms with Gasteiger partial charge in [-0.05, 0) is 12.1 Å². The molecule has 82 valence electrons. The van der Waals surface area contributed by atoms with Crippen molar-refractivity contribution in [1.82, 2.24) is 0 Å². The number of carboxylic acids is 1. The highest BCUT2D eigenvalue weighted by molar-refractivity contribution is 7.86. The highest BCUT2D eigenvalue weighted by Gasteiger charge is 2.22. The molecule has 15 heavy (non-hydrogen) atoms. The van der Waals surface area contributed by atoms with Crippen LogP contribution in [0, 0.1) is 0 Å². The summed E-state index contributed by atoms with van der Waals surface area (Å²) in [6.07, 6.45) is 0. The van der Waals surface area contributed by atoms with Gasteiger partial charge >= 0.3 is 5.97 Å². The smallest absolute Gasteiger partial charge is 0.341 e. The molecule has 0 aliphatic rings. The lowest BCUT2D eigenvalue weighted by Crippen LogP contribution is -2.09. The van der Waals surface area contributed by atoms with Crippen LogP contribution in [0.25, 0.3) is 0 Å². The van der Waals surface area contributed by atoms with E-state index in [1.807, 2.05) is 0 Å². The van der Waals surface area contributed by atoms with Gasteiger partial charge in [-0.2, -0.15) is 8.42 Å². The Balaban J connectivity index is 3.64. The first-order valence-electron chi connectivity index (χ1n) is 3.57. The van der Waals surface area contributed by atoms with Crippen molar-refractivity contribution in [3.05, 3.63) is 17.7 Å². The number of benzene rings is 1. The van der Waals surface area contributed by atoms with Crippen molar-refractivity contribution in [1.29, 1.82) is 0 Å². The van der Waals surface area contributed by atoms with Crippen LogP contribution in [0.1, 0.15) is 10.4 Å². The Hall–Kier alpha value is -1.80. The summed E-state index contributed by atoms with van der Waals surface area (Å²) in [5, 5.41) is 17.7. The maximum absolute atomic E-state index is 10.7. The van der Waals surface area contributed by atoms with E-state index < -0.39 is 38.0 Å². The molecule has 0 heterocycles. The number of carboxylic acid groups (broad SMARTS) is 1. The van der Waals surface area contributed by atoms with Crippen molar-refractivity contribution in [3.8, 4) is 5.75 Å². The first kappa shape index (κ1) is 11.3. The van der Waals surface area contributed by atoms with E-state index in [-0.39, 0.29) is 0 Å². The Labute approximate surface area is 84.5 Å². The summed E-state index contributed by atoms with van der Waals surface area (Å²) in [4.78, 5) is 9.85. The van der Waals surface area contributed by atoms with Gasteiger partial charge in [-0.15, -0.1) is 0 Å². The molecule has 0 aliphatic carbocycles. The molecule has 0 fully saturated rings. The van der Waals surface area contributed by atoms with Gasteiger partial charge in [0.1, 0.15) is 16.2 Å². The molecule has 8 heteroatoms. The summed E-state index contributed by atoms with van der Waals surface area (Å²) in [5.41, 5.74) is 3.73. The average Bonchev–Trinajstić information content (AvgIpc) is 2.00. The summed E-state index contributed by atoms with van der Waals surface area (Å²) < 4.78 is 30.2. The third-order valence-corrected chi connectivity index (χ3v) is 2.59. The molecule has 0 bridgehead atoms. The van der Waals surface area contributed by atoms with E-state index in [2.05, 4.69) is 0 Å². The molecule has 0 aromatic heterocycles. The predicted molar refractivity (Wildman–Crippen MR) is 49.3 cm³/mol. The molecule has 1 rings (SSSR count). The molecule has 0 saturated carbocycles. The minimum Gasteiger partial charge on any atom is -0.507 e. The van der Waals surface area contributed by atoms with Crippen LogP contribution in [-0.2, 0) is 10.1 Å². The van der Waals surface area contributed by atoms with Crippen molar-refractivity contribution in [2.45, 2.75) is 4.90 Å². The van der Waals surface area contributed by atoms with Crippen molar-refractivity contribution in [3.63, 3.8) is 0 Å². The molecule has 0 amide bonds. The molecular weight excluding hydrogens is 226 g/mol. The topological polar surface area (TPSA) is 138 Å². The van der Waals surface area contributed by atoms with Crippen molar-refractivity contribution in [2.75, 3.05) is 5.73 Å². The molecule has 1 aromatic carbocycles. The largest absolute Gasteiger partial charge is 0.507 e. The molecule has 5 N–H and O–H groups in total. The van der Waals surface area contributed by atoms with E-state index in [0.29, 0.717) is 0 Å². The lowest BCUT2D eigenvalue weighted by molar-refractivity contribution is 0.0694. The number of aromatic hydroxyl groups is 1. The third kappa shape index (κ3) is 2.00. The average molecular weight is 233 g/mol. The quantitative estimate of drug-likeness (QED) is 0.414. The molecule has 0 atom stereocenters. The fourth-order valence-corrected chi connectivity index (χ4v) is 1.66. The third-order valence-electron chi connectivity index (χ3n) is 1.68. The minimum absolute atomic E-state index is 0.674. The molecule has 0 saturated heterocycles. The second-order valence-corrected chi connectivity index (χ2v) is 4.04. The number of aromatic carboxylic acids is 1.